The van der Waals surface area contributed by atoms with E-state index in [2.05, 4.69) is 5.32 Å². The summed E-state index contributed by atoms with van der Waals surface area (Å²) < 4.78 is 11.3. The molecule has 2 saturated heterocycles. The first kappa shape index (κ1) is 12.7. The lowest BCUT2D eigenvalue weighted by molar-refractivity contribution is -0.0901. The van der Waals surface area contributed by atoms with E-state index in [-0.39, 0.29) is 5.60 Å². The SMILES string of the molecule is COCCCC1NCCOC12CCCSC2. The minimum Gasteiger partial charge on any atom is -0.385 e. The van der Waals surface area contributed by atoms with Crippen LogP contribution in [0.5, 0.6) is 0 Å². The summed E-state index contributed by atoms with van der Waals surface area (Å²) in [7, 11) is 1.77. The van der Waals surface area contributed by atoms with Gasteiger partial charge < -0.3 is 14.8 Å². The molecule has 0 radical (unpaired) electrons. The van der Waals surface area contributed by atoms with E-state index in [1.165, 1.54) is 25.0 Å². The van der Waals surface area contributed by atoms with Gasteiger partial charge in [-0.3, -0.25) is 0 Å². The molecular weight excluding hydrogens is 222 g/mol. The van der Waals surface area contributed by atoms with Crippen LogP contribution in [0.4, 0.5) is 0 Å². The van der Waals surface area contributed by atoms with E-state index in [9.17, 15) is 0 Å². The third-order valence-electron chi connectivity index (χ3n) is 3.59. The zero-order chi connectivity index (χ0) is 11.3. The average molecular weight is 245 g/mol. The summed E-state index contributed by atoms with van der Waals surface area (Å²) in [6.07, 6.45) is 4.83. The van der Waals surface area contributed by atoms with Gasteiger partial charge in [-0.2, -0.15) is 11.8 Å². The van der Waals surface area contributed by atoms with E-state index in [4.69, 9.17) is 9.47 Å². The van der Waals surface area contributed by atoms with Crippen LogP contribution in [0.3, 0.4) is 0 Å². The fourth-order valence-corrected chi connectivity index (χ4v) is 4.02. The number of nitrogens with one attached hydrogen (secondary N) is 1. The number of thioether (sulfide) groups is 1. The molecule has 1 spiro atoms. The highest BCUT2D eigenvalue weighted by molar-refractivity contribution is 7.99. The van der Waals surface area contributed by atoms with Crippen LogP contribution in [-0.4, -0.2) is 50.0 Å². The van der Waals surface area contributed by atoms with Crippen LogP contribution in [0.15, 0.2) is 0 Å². The van der Waals surface area contributed by atoms with Crippen LogP contribution in [-0.2, 0) is 9.47 Å². The van der Waals surface area contributed by atoms with Gasteiger partial charge in [0.2, 0.25) is 0 Å². The van der Waals surface area contributed by atoms with E-state index in [0.717, 1.165) is 31.9 Å². The van der Waals surface area contributed by atoms with Crippen LogP contribution >= 0.6 is 11.8 Å². The number of methoxy groups -OCH3 is 1. The van der Waals surface area contributed by atoms with Crippen molar-refractivity contribution in [1.29, 1.82) is 0 Å². The van der Waals surface area contributed by atoms with Crippen LogP contribution in [0.25, 0.3) is 0 Å². The van der Waals surface area contributed by atoms with Gasteiger partial charge in [-0.1, -0.05) is 0 Å². The quantitative estimate of drug-likeness (QED) is 0.763. The van der Waals surface area contributed by atoms with Crippen molar-refractivity contribution in [3.8, 4) is 0 Å². The second kappa shape index (κ2) is 6.24. The van der Waals surface area contributed by atoms with Gasteiger partial charge in [0.1, 0.15) is 0 Å². The zero-order valence-electron chi connectivity index (χ0n) is 10.2. The monoisotopic (exact) mass is 245 g/mol. The molecule has 2 unspecified atom stereocenters. The molecule has 2 aliphatic heterocycles. The lowest BCUT2D eigenvalue weighted by Gasteiger charge is -2.46. The zero-order valence-corrected chi connectivity index (χ0v) is 11.0. The van der Waals surface area contributed by atoms with Gasteiger partial charge in [-0.25, -0.2) is 0 Å². The lowest BCUT2D eigenvalue weighted by atomic mass is 9.86. The Bertz CT molecular complexity index is 199. The van der Waals surface area contributed by atoms with E-state index < -0.39 is 0 Å². The Labute approximate surface area is 103 Å². The fraction of sp³-hybridized carbons (Fsp3) is 1.00. The predicted molar refractivity (Wildman–Crippen MR) is 68.1 cm³/mol. The highest BCUT2D eigenvalue weighted by atomic mass is 32.2. The van der Waals surface area contributed by atoms with Gasteiger partial charge in [0.15, 0.2) is 0 Å². The molecule has 0 aromatic rings. The predicted octanol–water partition coefficient (Wildman–Crippen LogP) is 1.67. The van der Waals surface area contributed by atoms with E-state index in [1.54, 1.807) is 7.11 Å². The van der Waals surface area contributed by atoms with Crippen molar-refractivity contribution in [2.45, 2.75) is 37.3 Å². The third-order valence-corrected chi connectivity index (χ3v) is 4.86. The van der Waals surface area contributed by atoms with Gasteiger partial charge in [0.05, 0.1) is 12.2 Å². The Morgan fingerprint density at radius 3 is 3.25 bits per heavy atom. The molecule has 2 atom stereocenters. The summed E-state index contributed by atoms with van der Waals surface area (Å²) in [5.74, 6) is 2.47. The van der Waals surface area contributed by atoms with Gasteiger partial charge >= 0.3 is 0 Å². The van der Waals surface area contributed by atoms with Crippen molar-refractivity contribution < 1.29 is 9.47 Å². The first-order valence-corrected chi connectivity index (χ1v) is 7.47. The summed E-state index contributed by atoms with van der Waals surface area (Å²) >= 11 is 2.05. The van der Waals surface area contributed by atoms with Crippen molar-refractivity contribution >= 4 is 11.8 Å². The normalized spacial score (nSPS) is 35.4. The van der Waals surface area contributed by atoms with Crippen LogP contribution < -0.4 is 5.32 Å². The lowest BCUT2D eigenvalue weighted by Crippen LogP contribution is -2.60. The highest BCUT2D eigenvalue weighted by Crippen LogP contribution is 2.35. The highest BCUT2D eigenvalue weighted by Gasteiger charge is 2.42. The maximum atomic E-state index is 6.13. The van der Waals surface area contributed by atoms with Crippen molar-refractivity contribution in [1.82, 2.24) is 5.32 Å². The molecule has 2 heterocycles. The standard InChI is InChI=1S/C12H23NO2S/c1-14-7-2-4-11-12(15-8-6-13-11)5-3-9-16-10-12/h11,13H,2-10H2,1H3. The van der Waals surface area contributed by atoms with Crippen molar-refractivity contribution in [2.75, 3.05) is 38.4 Å². The first-order valence-electron chi connectivity index (χ1n) is 6.31. The maximum absolute atomic E-state index is 6.13. The van der Waals surface area contributed by atoms with Crippen LogP contribution in [0.1, 0.15) is 25.7 Å². The summed E-state index contributed by atoms with van der Waals surface area (Å²) in [6, 6.07) is 0.532. The van der Waals surface area contributed by atoms with Gasteiger partial charge in [0.25, 0.3) is 0 Å². The Balaban J connectivity index is 1.90. The minimum atomic E-state index is 0.120. The molecule has 94 valence electrons. The molecule has 0 aromatic heterocycles. The number of morpholine rings is 1. The Kier molecular flexibility index (Phi) is 4.95. The Morgan fingerprint density at radius 2 is 2.50 bits per heavy atom. The van der Waals surface area contributed by atoms with Crippen molar-refractivity contribution in [3.05, 3.63) is 0 Å². The van der Waals surface area contributed by atoms with E-state index in [1.807, 2.05) is 11.8 Å². The molecule has 0 amide bonds. The molecule has 0 saturated carbocycles. The summed E-state index contributed by atoms with van der Waals surface area (Å²) in [5, 5.41) is 3.64. The second-order valence-corrected chi connectivity index (χ2v) is 5.82. The third kappa shape index (κ3) is 2.92. The van der Waals surface area contributed by atoms with Crippen LogP contribution in [0.2, 0.25) is 0 Å². The molecule has 3 nitrogen and oxygen atoms in total. The number of rotatable bonds is 4. The molecule has 0 aromatic carbocycles. The average Bonchev–Trinajstić information content (AvgIpc) is 2.33. The summed E-state index contributed by atoms with van der Waals surface area (Å²) in [4.78, 5) is 0. The van der Waals surface area contributed by atoms with Gasteiger partial charge in [0, 0.05) is 32.1 Å². The number of hydrogen-bond donors (Lipinski definition) is 1. The Hall–Kier alpha value is 0.230. The topological polar surface area (TPSA) is 30.5 Å². The molecule has 4 heteroatoms. The fourth-order valence-electron chi connectivity index (χ4n) is 2.75. The molecule has 0 bridgehead atoms. The second-order valence-electron chi connectivity index (χ2n) is 4.71. The smallest absolute Gasteiger partial charge is 0.0925 e. The van der Waals surface area contributed by atoms with E-state index >= 15 is 0 Å². The first-order chi connectivity index (χ1) is 7.87. The molecule has 2 aliphatic rings. The molecule has 0 aliphatic carbocycles. The minimum absolute atomic E-state index is 0.120. The molecule has 2 rings (SSSR count). The van der Waals surface area contributed by atoms with Gasteiger partial charge in [-0.05, 0) is 31.4 Å². The summed E-state index contributed by atoms with van der Waals surface area (Å²) in [6.45, 7) is 2.74. The van der Waals surface area contributed by atoms with Crippen molar-refractivity contribution in [2.24, 2.45) is 0 Å². The molecular formula is C12H23NO2S. The molecule has 2 fully saturated rings. The summed E-state index contributed by atoms with van der Waals surface area (Å²) in [5.41, 5.74) is 0.120. The molecule has 16 heavy (non-hydrogen) atoms. The molecule has 1 N–H and O–H groups in total. The Morgan fingerprint density at radius 1 is 1.56 bits per heavy atom. The van der Waals surface area contributed by atoms with E-state index in [0.29, 0.717) is 6.04 Å². The van der Waals surface area contributed by atoms with Crippen LogP contribution in [0, 0.1) is 0 Å². The van der Waals surface area contributed by atoms with Crippen molar-refractivity contribution in [3.63, 3.8) is 0 Å². The largest absolute Gasteiger partial charge is 0.385 e. The van der Waals surface area contributed by atoms with Gasteiger partial charge in [-0.15, -0.1) is 0 Å². The maximum Gasteiger partial charge on any atom is 0.0925 e. The number of hydrogen-bond acceptors (Lipinski definition) is 4. The number of ether oxygens (including phenoxy) is 2.